The molecule has 0 aromatic heterocycles. The zero-order chi connectivity index (χ0) is 29.6. The molecule has 2 bridgehead atoms. The Kier molecular flexibility index (Phi) is 6.72. The molecule has 11 atom stereocenters. The zero-order valence-corrected chi connectivity index (χ0v) is 24.0. The quantitative estimate of drug-likeness (QED) is 0.231. The van der Waals surface area contributed by atoms with Gasteiger partial charge in [0, 0.05) is 23.5 Å². The van der Waals surface area contributed by atoms with Crippen LogP contribution in [0.15, 0.2) is 36.0 Å². The van der Waals surface area contributed by atoms with Crippen LogP contribution in [0.3, 0.4) is 0 Å². The predicted molar refractivity (Wildman–Crippen MR) is 144 cm³/mol. The smallest absolute Gasteiger partial charge is 0.334 e. The highest BCUT2D eigenvalue weighted by Gasteiger charge is 2.78. The van der Waals surface area contributed by atoms with Gasteiger partial charge in [0.05, 0.1) is 23.0 Å². The van der Waals surface area contributed by atoms with E-state index in [-0.39, 0.29) is 43.6 Å². The molecule has 2 saturated carbocycles. The molecule has 220 valence electrons. The first-order valence-corrected chi connectivity index (χ1v) is 14.4. The maximum absolute atomic E-state index is 14.7. The Morgan fingerprint density at radius 3 is 2.42 bits per heavy atom. The van der Waals surface area contributed by atoms with Crippen LogP contribution in [0, 0.1) is 28.6 Å². The van der Waals surface area contributed by atoms with Gasteiger partial charge < -0.3 is 29.9 Å². The van der Waals surface area contributed by atoms with E-state index in [2.05, 4.69) is 6.58 Å². The number of carbonyl (C=O) groups excluding carboxylic acids is 3. The molecule has 4 aliphatic carbocycles. The van der Waals surface area contributed by atoms with Crippen LogP contribution in [-0.4, -0.2) is 79.7 Å². The SMILES string of the molecule is C=C1C(=O)OC2C[C@@]1(C)C1C(=O)C(O)C3C(O)C=C4CC=CC(=O)[C@]4(C)C3CC[C@@](O)(CC)[C@@]1(O)[C@@]2(C)OCC. The van der Waals surface area contributed by atoms with Crippen LogP contribution >= 0.6 is 0 Å². The van der Waals surface area contributed by atoms with E-state index in [4.69, 9.17) is 9.47 Å². The van der Waals surface area contributed by atoms with Crippen molar-refractivity contribution in [2.24, 2.45) is 28.6 Å². The molecule has 4 N–H and O–H groups in total. The van der Waals surface area contributed by atoms with Gasteiger partial charge in [-0.2, -0.15) is 0 Å². The number of allylic oxidation sites excluding steroid dienone is 3. The van der Waals surface area contributed by atoms with Crippen LogP contribution in [0.5, 0.6) is 0 Å². The van der Waals surface area contributed by atoms with Crippen molar-refractivity contribution in [1.29, 1.82) is 0 Å². The van der Waals surface area contributed by atoms with Crippen LogP contribution in [0.4, 0.5) is 0 Å². The number of aliphatic hydroxyl groups is 4. The number of aliphatic hydroxyl groups excluding tert-OH is 2. The van der Waals surface area contributed by atoms with E-state index in [1.165, 1.54) is 6.08 Å². The highest BCUT2D eigenvalue weighted by molar-refractivity contribution is 5.99. The first kappa shape index (κ1) is 29.3. The third kappa shape index (κ3) is 3.35. The Bertz CT molecular complexity index is 1220. The average Bonchev–Trinajstić information content (AvgIpc) is 2.92. The van der Waals surface area contributed by atoms with Crippen molar-refractivity contribution in [1.82, 2.24) is 0 Å². The van der Waals surface area contributed by atoms with E-state index in [0.29, 0.717) is 12.0 Å². The number of hydrogen-bond donors (Lipinski definition) is 4. The second-order valence-corrected chi connectivity index (χ2v) is 13.0. The lowest BCUT2D eigenvalue weighted by atomic mass is 9.45. The number of ether oxygens (including phenoxy) is 2. The van der Waals surface area contributed by atoms with Gasteiger partial charge in [-0.05, 0) is 64.9 Å². The maximum atomic E-state index is 14.7. The summed E-state index contributed by atoms with van der Waals surface area (Å²) in [6, 6.07) is 0. The number of hydrogen-bond acceptors (Lipinski definition) is 9. The summed E-state index contributed by atoms with van der Waals surface area (Å²) < 4.78 is 11.9. The fourth-order valence-electron chi connectivity index (χ4n) is 9.05. The van der Waals surface area contributed by atoms with E-state index in [9.17, 15) is 34.8 Å². The molecule has 1 aliphatic heterocycles. The summed E-state index contributed by atoms with van der Waals surface area (Å²) in [7, 11) is 0. The van der Waals surface area contributed by atoms with Crippen molar-refractivity contribution >= 4 is 17.5 Å². The third-order valence-electron chi connectivity index (χ3n) is 11.5. The number of ketones is 2. The number of rotatable bonds is 3. The number of fused-ring (bicyclic) bond motifs is 7. The lowest BCUT2D eigenvalue weighted by molar-refractivity contribution is -0.338. The minimum atomic E-state index is -2.34. The fourth-order valence-corrected chi connectivity index (χ4v) is 9.05. The Hall–Kier alpha value is -2.17. The first-order valence-electron chi connectivity index (χ1n) is 14.4. The summed E-state index contributed by atoms with van der Waals surface area (Å²) >= 11 is 0. The van der Waals surface area contributed by atoms with Crippen LogP contribution in [0.25, 0.3) is 0 Å². The van der Waals surface area contributed by atoms with E-state index in [0.717, 1.165) is 0 Å². The molecule has 0 amide bonds. The molecule has 0 spiro atoms. The van der Waals surface area contributed by atoms with Gasteiger partial charge in [0.15, 0.2) is 11.6 Å². The molecule has 1 saturated heterocycles. The van der Waals surface area contributed by atoms with E-state index in [1.54, 1.807) is 46.8 Å². The van der Waals surface area contributed by atoms with Gasteiger partial charge in [0.25, 0.3) is 0 Å². The van der Waals surface area contributed by atoms with Gasteiger partial charge in [0.1, 0.15) is 23.4 Å². The minimum absolute atomic E-state index is 0.00244. The fraction of sp³-hybridized carbons (Fsp3) is 0.710. The molecule has 9 heteroatoms. The Balaban J connectivity index is 1.79. The monoisotopic (exact) mass is 558 g/mol. The summed E-state index contributed by atoms with van der Waals surface area (Å²) in [5, 5.41) is 48.8. The highest BCUT2D eigenvalue weighted by atomic mass is 16.6. The topological polar surface area (TPSA) is 151 Å². The van der Waals surface area contributed by atoms with Crippen LogP contribution in [-0.2, 0) is 23.9 Å². The van der Waals surface area contributed by atoms with Gasteiger partial charge in [-0.1, -0.05) is 38.2 Å². The Labute approximate surface area is 234 Å². The van der Waals surface area contributed by atoms with Gasteiger partial charge in [-0.25, -0.2) is 4.79 Å². The zero-order valence-electron chi connectivity index (χ0n) is 24.0. The van der Waals surface area contributed by atoms with E-state index in [1.807, 2.05) is 0 Å². The van der Waals surface area contributed by atoms with Crippen LogP contribution in [0.2, 0.25) is 0 Å². The van der Waals surface area contributed by atoms with Crippen molar-refractivity contribution in [3.63, 3.8) is 0 Å². The number of esters is 1. The molecular formula is C31H42O9. The highest BCUT2D eigenvalue weighted by Crippen LogP contribution is 2.65. The Morgan fingerprint density at radius 1 is 1.12 bits per heavy atom. The van der Waals surface area contributed by atoms with Crippen molar-refractivity contribution in [3.8, 4) is 0 Å². The third-order valence-corrected chi connectivity index (χ3v) is 11.5. The molecule has 40 heavy (non-hydrogen) atoms. The molecule has 0 aromatic rings. The molecular weight excluding hydrogens is 516 g/mol. The summed E-state index contributed by atoms with van der Waals surface area (Å²) in [5.74, 6) is -5.08. The molecule has 6 unspecified atom stereocenters. The number of carbonyl (C=O) groups is 3. The van der Waals surface area contributed by atoms with Gasteiger partial charge in [0.2, 0.25) is 0 Å². The van der Waals surface area contributed by atoms with Crippen molar-refractivity contribution in [3.05, 3.63) is 36.0 Å². The van der Waals surface area contributed by atoms with Crippen LogP contribution < -0.4 is 0 Å². The lowest BCUT2D eigenvalue weighted by Gasteiger charge is -2.66. The van der Waals surface area contributed by atoms with E-state index < -0.39 is 75.5 Å². The van der Waals surface area contributed by atoms with Crippen LogP contribution in [0.1, 0.15) is 66.7 Å². The molecule has 5 rings (SSSR count). The molecule has 9 nitrogen and oxygen atoms in total. The average molecular weight is 559 g/mol. The van der Waals surface area contributed by atoms with Gasteiger partial charge >= 0.3 is 5.97 Å². The normalized spacial score (nSPS) is 50.5. The van der Waals surface area contributed by atoms with Crippen molar-refractivity contribution in [2.45, 2.75) is 102 Å². The second kappa shape index (κ2) is 9.16. The Morgan fingerprint density at radius 2 is 1.80 bits per heavy atom. The summed E-state index contributed by atoms with van der Waals surface area (Å²) in [4.78, 5) is 41.2. The van der Waals surface area contributed by atoms with E-state index >= 15 is 0 Å². The lowest BCUT2D eigenvalue weighted by Crippen LogP contribution is -2.82. The molecule has 1 heterocycles. The first-order chi connectivity index (χ1) is 18.6. The molecule has 0 radical (unpaired) electrons. The van der Waals surface area contributed by atoms with Crippen molar-refractivity contribution < 1.29 is 44.3 Å². The maximum Gasteiger partial charge on any atom is 0.334 e. The molecule has 5 aliphatic rings. The van der Waals surface area contributed by atoms with Gasteiger partial charge in [-0.15, -0.1) is 0 Å². The summed E-state index contributed by atoms with van der Waals surface area (Å²) in [6.07, 6.45) is 1.33. The summed E-state index contributed by atoms with van der Waals surface area (Å²) in [5.41, 5.74) is -7.86. The predicted octanol–water partition coefficient (Wildman–Crippen LogP) is 1.95. The standard InChI is InChI=1S/C31H42O9/c1-7-30(37)13-12-18-22(19(32)14-17-10-9-11-20(33)28(17,18)5)23(34)24(35)25-27(4)15-21(40-26(36)16(27)3)29(6,39-8-2)31(25,30)38/h9,11,14,18-19,21-23,25,32,34,37-38H,3,7-8,10,12-13,15H2,1-2,4-6H3/t18?,19?,21?,22?,23?,25?,27-,28+,29+,30+,31+/m1/s1. The largest absolute Gasteiger partial charge is 0.456 e. The minimum Gasteiger partial charge on any atom is -0.456 e. The van der Waals surface area contributed by atoms with Crippen molar-refractivity contribution in [2.75, 3.05) is 6.61 Å². The molecule has 0 aromatic carbocycles. The second-order valence-electron chi connectivity index (χ2n) is 13.0. The van der Waals surface area contributed by atoms with Gasteiger partial charge in [-0.3, -0.25) is 9.59 Å². The summed E-state index contributed by atoms with van der Waals surface area (Å²) in [6.45, 7) is 12.4. The number of Topliss-reactive ketones (excluding diaryl/α,β-unsaturated/α-hetero) is 1. The molecule has 3 fully saturated rings.